The lowest BCUT2D eigenvalue weighted by Gasteiger charge is -2.25. The predicted molar refractivity (Wildman–Crippen MR) is 73.6 cm³/mol. The molecular weight excluding hydrogens is 230 g/mol. The second kappa shape index (κ2) is 6.50. The van der Waals surface area contributed by atoms with Gasteiger partial charge in [-0.05, 0) is 32.4 Å². The fraction of sp³-hybridized carbons (Fsp3) is 0.714. The first kappa shape index (κ1) is 13.0. The van der Waals surface area contributed by atoms with Crippen molar-refractivity contribution in [2.75, 3.05) is 6.54 Å². The molecule has 17 heavy (non-hydrogen) atoms. The Bertz CT molecular complexity index is 337. The van der Waals surface area contributed by atoms with Gasteiger partial charge in [0.25, 0.3) is 0 Å². The van der Waals surface area contributed by atoms with Crippen molar-refractivity contribution in [3.05, 3.63) is 18.1 Å². The van der Waals surface area contributed by atoms with Crippen LogP contribution in [-0.2, 0) is 0 Å². The summed E-state index contributed by atoms with van der Waals surface area (Å²) in [5, 5.41) is 4.36. The maximum absolute atomic E-state index is 5.39. The minimum Gasteiger partial charge on any atom is -0.468 e. The van der Waals surface area contributed by atoms with Crippen molar-refractivity contribution in [1.29, 1.82) is 0 Å². The molecule has 0 radical (unpaired) electrons. The van der Waals surface area contributed by atoms with E-state index in [2.05, 4.69) is 25.2 Å². The molecular formula is C14H23NOS. The lowest BCUT2D eigenvalue weighted by atomic mass is 10.1. The molecule has 0 saturated heterocycles. The third-order valence-corrected chi connectivity index (χ3v) is 5.05. The second-order valence-corrected chi connectivity index (χ2v) is 6.08. The van der Waals surface area contributed by atoms with Crippen LogP contribution in [0.4, 0.5) is 0 Å². The van der Waals surface area contributed by atoms with Crippen molar-refractivity contribution in [3.8, 4) is 0 Å². The molecule has 1 aromatic rings. The Labute approximate surface area is 109 Å². The molecule has 2 atom stereocenters. The van der Waals surface area contributed by atoms with E-state index in [1.165, 1.54) is 37.0 Å². The Morgan fingerprint density at radius 2 is 2.18 bits per heavy atom. The van der Waals surface area contributed by atoms with Crippen LogP contribution in [0, 0.1) is 6.92 Å². The Kier molecular flexibility index (Phi) is 4.99. The van der Waals surface area contributed by atoms with E-state index in [0.717, 1.165) is 12.3 Å². The Balaban J connectivity index is 2.02. The van der Waals surface area contributed by atoms with Crippen molar-refractivity contribution >= 4 is 11.8 Å². The first-order valence-corrected chi connectivity index (χ1v) is 7.63. The van der Waals surface area contributed by atoms with E-state index < -0.39 is 0 Å². The summed E-state index contributed by atoms with van der Waals surface area (Å²) >= 11 is 2.00. The van der Waals surface area contributed by atoms with Crippen LogP contribution in [0.1, 0.15) is 44.8 Å². The summed E-state index contributed by atoms with van der Waals surface area (Å²) in [6.07, 6.45) is 8.59. The molecule has 1 saturated carbocycles. The number of furan rings is 1. The average molecular weight is 253 g/mol. The van der Waals surface area contributed by atoms with Crippen molar-refractivity contribution in [2.45, 2.75) is 62.1 Å². The Morgan fingerprint density at radius 3 is 2.88 bits per heavy atom. The van der Waals surface area contributed by atoms with Crippen LogP contribution in [-0.4, -0.2) is 17.8 Å². The summed E-state index contributed by atoms with van der Waals surface area (Å²) in [5.41, 5.74) is 0. The van der Waals surface area contributed by atoms with E-state index >= 15 is 0 Å². The van der Waals surface area contributed by atoms with Gasteiger partial charge in [0.1, 0.15) is 5.76 Å². The molecule has 1 aliphatic carbocycles. The van der Waals surface area contributed by atoms with Crippen molar-refractivity contribution < 1.29 is 4.42 Å². The minimum absolute atomic E-state index is 0.668. The third kappa shape index (κ3) is 3.52. The SMILES string of the molecule is CCNC1CCCCCC1Sc1ccoc1C. The molecule has 1 fully saturated rings. The molecule has 0 bridgehead atoms. The highest BCUT2D eigenvalue weighted by Gasteiger charge is 2.24. The van der Waals surface area contributed by atoms with Gasteiger partial charge in [-0.2, -0.15) is 0 Å². The summed E-state index contributed by atoms with van der Waals surface area (Å²) in [7, 11) is 0. The molecule has 2 nitrogen and oxygen atoms in total. The molecule has 96 valence electrons. The molecule has 2 unspecified atom stereocenters. The van der Waals surface area contributed by atoms with E-state index in [1.54, 1.807) is 6.26 Å². The van der Waals surface area contributed by atoms with Gasteiger partial charge in [-0.3, -0.25) is 0 Å². The quantitative estimate of drug-likeness (QED) is 0.821. The molecule has 1 heterocycles. The van der Waals surface area contributed by atoms with Gasteiger partial charge in [0.2, 0.25) is 0 Å². The normalized spacial score (nSPS) is 25.8. The Morgan fingerprint density at radius 1 is 1.35 bits per heavy atom. The molecule has 3 heteroatoms. The van der Waals surface area contributed by atoms with Crippen LogP contribution < -0.4 is 5.32 Å². The standard InChI is InChI=1S/C14H23NOS/c1-3-15-12-7-5-4-6-8-14(12)17-13-9-10-16-11(13)2/h9-10,12,14-15H,3-8H2,1-2H3. The van der Waals surface area contributed by atoms with Crippen molar-refractivity contribution in [3.63, 3.8) is 0 Å². The fourth-order valence-electron chi connectivity index (χ4n) is 2.57. The van der Waals surface area contributed by atoms with Crippen LogP contribution in [0.25, 0.3) is 0 Å². The Hall–Kier alpha value is -0.410. The van der Waals surface area contributed by atoms with Gasteiger partial charge in [-0.1, -0.05) is 26.2 Å². The van der Waals surface area contributed by atoms with Crippen molar-refractivity contribution in [2.24, 2.45) is 0 Å². The van der Waals surface area contributed by atoms with Crippen LogP contribution in [0.15, 0.2) is 21.6 Å². The van der Waals surface area contributed by atoms with Gasteiger partial charge in [0, 0.05) is 16.2 Å². The summed E-state index contributed by atoms with van der Waals surface area (Å²) in [6.45, 7) is 5.34. The molecule has 1 N–H and O–H groups in total. The number of hydrogen-bond acceptors (Lipinski definition) is 3. The zero-order chi connectivity index (χ0) is 12.1. The number of rotatable bonds is 4. The third-order valence-electron chi connectivity index (χ3n) is 3.51. The summed E-state index contributed by atoms with van der Waals surface area (Å²) < 4.78 is 5.39. The molecule has 0 aromatic carbocycles. The summed E-state index contributed by atoms with van der Waals surface area (Å²) in [6, 6.07) is 2.77. The number of aryl methyl sites for hydroxylation is 1. The molecule has 1 aliphatic rings. The first-order chi connectivity index (χ1) is 8.31. The monoisotopic (exact) mass is 253 g/mol. The highest BCUT2D eigenvalue weighted by Crippen LogP contribution is 2.35. The topological polar surface area (TPSA) is 25.2 Å². The lowest BCUT2D eigenvalue weighted by molar-refractivity contribution is 0.482. The minimum atomic E-state index is 0.668. The fourth-order valence-corrected chi connectivity index (χ4v) is 3.92. The van der Waals surface area contributed by atoms with Crippen LogP contribution >= 0.6 is 11.8 Å². The van der Waals surface area contributed by atoms with Gasteiger partial charge in [-0.25, -0.2) is 0 Å². The maximum Gasteiger partial charge on any atom is 0.114 e. The van der Waals surface area contributed by atoms with E-state index in [4.69, 9.17) is 4.42 Å². The van der Waals surface area contributed by atoms with E-state index in [9.17, 15) is 0 Å². The lowest BCUT2D eigenvalue weighted by Crippen LogP contribution is -2.37. The van der Waals surface area contributed by atoms with Gasteiger partial charge in [-0.15, -0.1) is 11.8 Å². The summed E-state index contributed by atoms with van der Waals surface area (Å²) in [4.78, 5) is 1.32. The zero-order valence-electron chi connectivity index (χ0n) is 10.9. The molecule has 0 aliphatic heterocycles. The summed E-state index contributed by atoms with van der Waals surface area (Å²) in [5.74, 6) is 1.06. The van der Waals surface area contributed by atoms with Crippen molar-refractivity contribution in [1.82, 2.24) is 5.32 Å². The highest BCUT2D eigenvalue weighted by atomic mass is 32.2. The number of thioether (sulfide) groups is 1. The second-order valence-electron chi connectivity index (χ2n) is 4.80. The van der Waals surface area contributed by atoms with Gasteiger partial charge in [0.15, 0.2) is 0 Å². The van der Waals surface area contributed by atoms with E-state index in [0.29, 0.717) is 11.3 Å². The maximum atomic E-state index is 5.39. The zero-order valence-corrected chi connectivity index (χ0v) is 11.7. The number of hydrogen-bond donors (Lipinski definition) is 1. The van der Waals surface area contributed by atoms with E-state index in [1.807, 2.05) is 11.8 Å². The molecule has 1 aromatic heterocycles. The van der Waals surface area contributed by atoms with Crippen LogP contribution in [0.2, 0.25) is 0 Å². The molecule has 2 rings (SSSR count). The van der Waals surface area contributed by atoms with Crippen LogP contribution in [0.5, 0.6) is 0 Å². The van der Waals surface area contributed by atoms with Gasteiger partial charge < -0.3 is 9.73 Å². The first-order valence-electron chi connectivity index (χ1n) is 6.75. The van der Waals surface area contributed by atoms with Gasteiger partial charge in [0.05, 0.1) is 6.26 Å². The highest BCUT2D eigenvalue weighted by molar-refractivity contribution is 8.00. The average Bonchev–Trinajstić information content (AvgIpc) is 2.59. The molecule has 0 spiro atoms. The number of nitrogens with one attached hydrogen (secondary N) is 1. The van der Waals surface area contributed by atoms with Crippen LogP contribution in [0.3, 0.4) is 0 Å². The van der Waals surface area contributed by atoms with E-state index in [-0.39, 0.29) is 0 Å². The predicted octanol–water partition coefficient (Wildman–Crippen LogP) is 3.99. The smallest absolute Gasteiger partial charge is 0.114 e. The molecule has 0 amide bonds. The van der Waals surface area contributed by atoms with Gasteiger partial charge >= 0.3 is 0 Å². The largest absolute Gasteiger partial charge is 0.468 e.